The third kappa shape index (κ3) is 10.7. The number of carbonyl (C=O) groups excluding carboxylic acids is 1. The quantitative estimate of drug-likeness (QED) is 0.326. The maximum absolute atomic E-state index is 12.5. The van der Waals surface area contributed by atoms with Gasteiger partial charge in [-0.1, -0.05) is 42.0 Å². The Morgan fingerprint density at radius 1 is 1.00 bits per heavy atom. The normalized spacial score (nSPS) is 24.3. The second kappa shape index (κ2) is 14.7. The SMILES string of the molecule is COCC/C(=C\c1ccccc1)C1CC1N[C@H]1CC[C@H](NCC(C)(C)C(=O)OC(C)(C)C)CC1.Cl.Cl. The fourth-order valence-electron chi connectivity index (χ4n) is 4.79. The molecule has 1 aromatic rings. The first-order valence-electron chi connectivity index (χ1n) is 13.0. The average molecular weight is 544 g/mol. The lowest BCUT2D eigenvalue weighted by Gasteiger charge is -2.33. The van der Waals surface area contributed by atoms with Gasteiger partial charge in [0.2, 0.25) is 0 Å². The molecule has 2 unspecified atom stereocenters. The van der Waals surface area contributed by atoms with Crippen molar-refractivity contribution in [3.8, 4) is 0 Å². The first-order valence-corrected chi connectivity index (χ1v) is 13.0. The first-order chi connectivity index (χ1) is 16.1. The number of ether oxygens (including phenoxy) is 2. The molecule has 0 heterocycles. The largest absolute Gasteiger partial charge is 0.460 e. The highest BCUT2D eigenvalue weighted by molar-refractivity contribution is 5.85. The highest BCUT2D eigenvalue weighted by atomic mass is 35.5. The summed E-state index contributed by atoms with van der Waals surface area (Å²) in [6.07, 6.45) is 9.25. The minimum Gasteiger partial charge on any atom is -0.460 e. The monoisotopic (exact) mass is 542 g/mol. The van der Waals surface area contributed by atoms with E-state index in [4.69, 9.17) is 9.47 Å². The summed E-state index contributed by atoms with van der Waals surface area (Å²) in [5.41, 5.74) is 1.82. The molecule has 0 bridgehead atoms. The van der Waals surface area contributed by atoms with Crippen LogP contribution in [0.1, 0.15) is 78.7 Å². The van der Waals surface area contributed by atoms with Crippen LogP contribution in [-0.4, -0.2) is 50.0 Å². The number of esters is 1. The molecular formula is C29H48Cl2N2O3. The van der Waals surface area contributed by atoms with Gasteiger partial charge in [-0.15, -0.1) is 24.8 Å². The second-order valence-electron chi connectivity index (χ2n) is 11.8. The van der Waals surface area contributed by atoms with Crippen molar-refractivity contribution in [2.75, 3.05) is 20.3 Å². The Labute approximate surface area is 231 Å². The van der Waals surface area contributed by atoms with Gasteiger partial charge in [0.25, 0.3) is 0 Å². The topological polar surface area (TPSA) is 59.6 Å². The van der Waals surface area contributed by atoms with Crippen LogP contribution in [0.2, 0.25) is 0 Å². The molecule has 2 fully saturated rings. The molecule has 0 aromatic heterocycles. The summed E-state index contributed by atoms with van der Waals surface area (Å²) >= 11 is 0. The van der Waals surface area contributed by atoms with Crippen LogP contribution in [0.15, 0.2) is 35.9 Å². The van der Waals surface area contributed by atoms with Crippen molar-refractivity contribution in [3.63, 3.8) is 0 Å². The standard InChI is InChI=1S/C29H46N2O3.2ClH/c1-28(2,3)34-27(32)29(4,5)20-30-23-12-14-24(15-13-23)31-26-19-25(26)22(16-17-33-6)18-21-10-8-7-9-11-21;;/h7-11,18,23-26,30-31H,12-17,19-20H2,1-6H3;2*1H/b22-18+;;/t23-,24-,25?,26?;;. The molecule has 0 aliphatic heterocycles. The molecule has 3 rings (SSSR count). The fraction of sp³-hybridized carbons (Fsp3) is 0.690. The zero-order valence-electron chi connectivity index (χ0n) is 23.0. The van der Waals surface area contributed by atoms with E-state index in [1.165, 1.54) is 30.4 Å². The van der Waals surface area contributed by atoms with E-state index in [-0.39, 0.29) is 30.8 Å². The predicted octanol–water partition coefficient (Wildman–Crippen LogP) is 6.20. The minimum absolute atomic E-state index is 0. The van der Waals surface area contributed by atoms with Gasteiger partial charge >= 0.3 is 5.97 Å². The van der Waals surface area contributed by atoms with Crippen molar-refractivity contribution in [1.29, 1.82) is 0 Å². The van der Waals surface area contributed by atoms with Gasteiger partial charge < -0.3 is 20.1 Å². The highest BCUT2D eigenvalue weighted by Crippen LogP contribution is 2.41. The van der Waals surface area contributed by atoms with Crippen molar-refractivity contribution in [2.45, 2.75) is 96.9 Å². The zero-order chi connectivity index (χ0) is 24.8. The molecule has 36 heavy (non-hydrogen) atoms. The Bertz CT molecular complexity index is 816. The molecule has 2 N–H and O–H groups in total. The van der Waals surface area contributed by atoms with Crippen molar-refractivity contribution < 1.29 is 14.3 Å². The number of methoxy groups -OCH3 is 1. The molecule has 0 spiro atoms. The van der Waals surface area contributed by atoms with E-state index in [9.17, 15) is 4.79 Å². The van der Waals surface area contributed by atoms with Gasteiger partial charge in [0, 0.05) is 38.4 Å². The zero-order valence-corrected chi connectivity index (χ0v) is 24.6. The molecule has 7 heteroatoms. The Hall–Kier alpha value is -1.11. The molecule has 5 nitrogen and oxygen atoms in total. The number of halogens is 2. The van der Waals surface area contributed by atoms with E-state index < -0.39 is 11.0 Å². The molecule has 0 saturated heterocycles. The third-order valence-electron chi connectivity index (χ3n) is 6.97. The Kier molecular flexibility index (Phi) is 13.5. The van der Waals surface area contributed by atoms with Crippen LogP contribution in [0.25, 0.3) is 6.08 Å². The summed E-state index contributed by atoms with van der Waals surface area (Å²) in [5.74, 6) is 0.497. The number of hydrogen-bond acceptors (Lipinski definition) is 5. The molecule has 1 aromatic carbocycles. The number of hydrogen-bond donors (Lipinski definition) is 2. The van der Waals surface area contributed by atoms with Crippen molar-refractivity contribution >= 4 is 36.9 Å². The molecule has 2 aliphatic carbocycles. The summed E-state index contributed by atoms with van der Waals surface area (Å²) in [6, 6.07) is 12.3. The van der Waals surface area contributed by atoms with Crippen molar-refractivity contribution in [1.82, 2.24) is 10.6 Å². The van der Waals surface area contributed by atoms with E-state index in [2.05, 4.69) is 47.0 Å². The molecule has 2 saturated carbocycles. The van der Waals surface area contributed by atoms with Gasteiger partial charge in [-0.25, -0.2) is 0 Å². The maximum Gasteiger partial charge on any atom is 0.313 e. The molecule has 2 atom stereocenters. The Morgan fingerprint density at radius 2 is 1.61 bits per heavy atom. The molecular weight excluding hydrogens is 495 g/mol. The van der Waals surface area contributed by atoms with Gasteiger partial charge in [0.1, 0.15) is 5.60 Å². The lowest BCUT2D eigenvalue weighted by molar-refractivity contribution is -0.165. The first kappa shape index (κ1) is 32.9. The third-order valence-corrected chi connectivity index (χ3v) is 6.97. The van der Waals surface area contributed by atoms with E-state index in [0.29, 0.717) is 30.6 Å². The summed E-state index contributed by atoms with van der Waals surface area (Å²) in [5, 5.41) is 7.58. The van der Waals surface area contributed by atoms with Gasteiger partial charge in [-0.3, -0.25) is 4.79 Å². The highest BCUT2D eigenvalue weighted by Gasteiger charge is 2.41. The lowest BCUT2D eigenvalue weighted by Crippen LogP contribution is -2.46. The van der Waals surface area contributed by atoms with Crippen LogP contribution in [0, 0.1) is 11.3 Å². The number of rotatable bonds is 11. The van der Waals surface area contributed by atoms with Crippen LogP contribution < -0.4 is 10.6 Å². The summed E-state index contributed by atoms with van der Waals surface area (Å²) < 4.78 is 11.0. The van der Waals surface area contributed by atoms with Gasteiger partial charge in [0.15, 0.2) is 0 Å². The number of nitrogens with one attached hydrogen (secondary N) is 2. The Balaban J connectivity index is 0.00000324. The van der Waals surface area contributed by atoms with Crippen LogP contribution in [-0.2, 0) is 14.3 Å². The fourth-order valence-corrected chi connectivity index (χ4v) is 4.79. The van der Waals surface area contributed by atoms with Crippen molar-refractivity contribution in [3.05, 3.63) is 41.5 Å². The van der Waals surface area contributed by atoms with Crippen LogP contribution in [0.3, 0.4) is 0 Å². The summed E-state index contributed by atoms with van der Waals surface area (Å²) in [6.45, 7) is 11.1. The number of carbonyl (C=O) groups is 1. The lowest BCUT2D eigenvalue weighted by atomic mass is 9.88. The van der Waals surface area contributed by atoms with Crippen LogP contribution >= 0.6 is 24.8 Å². The van der Waals surface area contributed by atoms with Crippen LogP contribution in [0.4, 0.5) is 0 Å². The average Bonchev–Trinajstić information content (AvgIpc) is 3.54. The second-order valence-corrected chi connectivity index (χ2v) is 11.8. The van der Waals surface area contributed by atoms with Gasteiger partial charge in [0.05, 0.1) is 5.41 Å². The van der Waals surface area contributed by atoms with Crippen molar-refractivity contribution in [2.24, 2.45) is 11.3 Å². The summed E-state index contributed by atoms with van der Waals surface area (Å²) in [7, 11) is 1.78. The minimum atomic E-state index is -0.521. The Morgan fingerprint density at radius 3 is 2.19 bits per heavy atom. The van der Waals surface area contributed by atoms with Crippen LogP contribution in [0.5, 0.6) is 0 Å². The van der Waals surface area contributed by atoms with Gasteiger partial charge in [-0.2, -0.15) is 0 Å². The maximum atomic E-state index is 12.5. The van der Waals surface area contributed by atoms with E-state index in [1.54, 1.807) is 7.11 Å². The molecule has 0 radical (unpaired) electrons. The smallest absolute Gasteiger partial charge is 0.313 e. The van der Waals surface area contributed by atoms with E-state index in [1.807, 2.05) is 34.6 Å². The van der Waals surface area contributed by atoms with E-state index in [0.717, 1.165) is 25.9 Å². The molecule has 2 aliphatic rings. The number of benzene rings is 1. The van der Waals surface area contributed by atoms with E-state index >= 15 is 0 Å². The predicted molar refractivity (Wildman–Crippen MR) is 154 cm³/mol. The molecule has 206 valence electrons. The summed E-state index contributed by atoms with van der Waals surface area (Å²) in [4.78, 5) is 12.5. The van der Waals surface area contributed by atoms with Gasteiger partial charge in [-0.05, 0) is 84.6 Å². The molecule has 0 amide bonds.